The number of carbonyl (C=O) groups is 1. The predicted molar refractivity (Wildman–Crippen MR) is 84.6 cm³/mol. The average molecular weight is 340 g/mol. The summed E-state index contributed by atoms with van der Waals surface area (Å²) in [6.45, 7) is 0.983. The van der Waals surface area contributed by atoms with Gasteiger partial charge in [0.05, 0.1) is 20.3 Å². The SMILES string of the molecule is COC[C@@H]1CC(F)(F)CN1C1CN(C(=O)c2ccc(OC)cc2)C1. The highest BCUT2D eigenvalue weighted by molar-refractivity contribution is 5.94. The lowest BCUT2D eigenvalue weighted by Crippen LogP contribution is -2.62. The lowest BCUT2D eigenvalue weighted by molar-refractivity contribution is -0.0136. The minimum absolute atomic E-state index is 0.0271. The second-order valence-electron chi connectivity index (χ2n) is 6.43. The van der Waals surface area contributed by atoms with Crippen LogP contribution >= 0.6 is 0 Å². The van der Waals surface area contributed by atoms with Gasteiger partial charge in [0.1, 0.15) is 5.75 Å². The third-order valence-electron chi connectivity index (χ3n) is 4.73. The van der Waals surface area contributed by atoms with Gasteiger partial charge in [-0.05, 0) is 24.3 Å². The first-order chi connectivity index (χ1) is 11.4. The molecule has 2 aliphatic heterocycles. The predicted octanol–water partition coefficient (Wildman–Crippen LogP) is 1.88. The molecule has 0 saturated carbocycles. The molecule has 1 amide bonds. The van der Waals surface area contributed by atoms with E-state index in [1.807, 2.05) is 0 Å². The van der Waals surface area contributed by atoms with E-state index in [9.17, 15) is 13.6 Å². The first-order valence-electron chi connectivity index (χ1n) is 7.99. The smallest absolute Gasteiger partial charge is 0.262 e. The van der Waals surface area contributed by atoms with Gasteiger partial charge in [0.2, 0.25) is 0 Å². The Morgan fingerprint density at radius 3 is 2.50 bits per heavy atom. The molecule has 2 aliphatic rings. The van der Waals surface area contributed by atoms with Crippen LogP contribution in [0, 0.1) is 0 Å². The molecule has 5 nitrogen and oxygen atoms in total. The van der Waals surface area contributed by atoms with Crippen LogP contribution in [0.4, 0.5) is 8.78 Å². The van der Waals surface area contributed by atoms with Gasteiger partial charge in [-0.15, -0.1) is 0 Å². The minimum Gasteiger partial charge on any atom is -0.497 e. The highest BCUT2D eigenvalue weighted by Gasteiger charge is 2.50. The molecule has 3 rings (SSSR count). The van der Waals surface area contributed by atoms with Gasteiger partial charge in [0, 0.05) is 44.3 Å². The monoisotopic (exact) mass is 340 g/mol. The molecular weight excluding hydrogens is 318 g/mol. The van der Waals surface area contributed by atoms with Crippen LogP contribution < -0.4 is 4.74 Å². The van der Waals surface area contributed by atoms with Crippen molar-refractivity contribution >= 4 is 5.91 Å². The summed E-state index contributed by atoms with van der Waals surface area (Å²) in [4.78, 5) is 15.9. The number of likely N-dealkylation sites (tertiary alicyclic amines) is 2. The summed E-state index contributed by atoms with van der Waals surface area (Å²) in [5.41, 5.74) is 0.578. The van der Waals surface area contributed by atoms with Crippen molar-refractivity contribution in [3.05, 3.63) is 29.8 Å². The van der Waals surface area contributed by atoms with E-state index in [1.165, 1.54) is 7.11 Å². The van der Waals surface area contributed by atoms with Gasteiger partial charge in [-0.1, -0.05) is 0 Å². The van der Waals surface area contributed by atoms with Crippen molar-refractivity contribution in [2.45, 2.75) is 24.4 Å². The van der Waals surface area contributed by atoms with Crippen molar-refractivity contribution < 1.29 is 23.0 Å². The number of rotatable bonds is 5. The van der Waals surface area contributed by atoms with Crippen molar-refractivity contribution in [1.29, 1.82) is 0 Å². The number of alkyl halides is 2. The molecule has 2 saturated heterocycles. The molecular formula is C17H22F2N2O3. The van der Waals surface area contributed by atoms with Gasteiger partial charge in [-0.3, -0.25) is 9.69 Å². The van der Waals surface area contributed by atoms with Crippen molar-refractivity contribution in [2.75, 3.05) is 40.5 Å². The fourth-order valence-corrected chi connectivity index (χ4v) is 3.44. The number of ether oxygens (including phenoxy) is 2. The second kappa shape index (κ2) is 6.64. The van der Waals surface area contributed by atoms with Crippen LogP contribution in [0.1, 0.15) is 16.8 Å². The summed E-state index contributed by atoms with van der Waals surface area (Å²) in [6.07, 6.45) is -0.177. The number of amides is 1. The number of hydrogen-bond acceptors (Lipinski definition) is 4. The topological polar surface area (TPSA) is 42.0 Å². The number of methoxy groups -OCH3 is 2. The molecule has 0 unspecified atom stereocenters. The van der Waals surface area contributed by atoms with Gasteiger partial charge in [0.25, 0.3) is 11.8 Å². The van der Waals surface area contributed by atoms with E-state index in [0.29, 0.717) is 31.0 Å². The molecule has 1 aromatic carbocycles. The zero-order chi connectivity index (χ0) is 17.3. The Labute approximate surface area is 140 Å². The van der Waals surface area contributed by atoms with E-state index in [4.69, 9.17) is 9.47 Å². The normalized spacial score (nSPS) is 24.0. The first kappa shape index (κ1) is 17.1. The van der Waals surface area contributed by atoms with E-state index in [0.717, 1.165) is 0 Å². The van der Waals surface area contributed by atoms with Crippen molar-refractivity contribution in [1.82, 2.24) is 9.80 Å². The van der Waals surface area contributed by atoms with E-state index < -0.39 is 5.92 Å². The summed E-state index contributed by atoms with van der Waals surface area (Å²) < 4.78 is 37.5. The quantitative estimate of drug-likeness (QED) is 0.821. The Morgan fingerprint density at radius 1 is 1.25 bits per heavy atom. The Kier molecular flexibility index (Phi) is 4.73. The maximum Gasteiger partial charge on any atom is 0.262 e. The van der Waals surface area contributed by atoms with Crippen LogP contribution in [0.2, 0.25) is 0 Å². The molecule has 2 fully saturated rings. The van der Waals surface area contributed by atoms with Gasteiger partial charge in [-0.25, -0.2) is 8.78 Å². The molecule has 2 heterocycles. The first-order valence-corrected chi connectivity index (χ1v) is 7.99. The number of hydrogen-bond donors (Lipinski definition) is 0. The Bertz CT molecular complexity index is 588. The summed E-state index contributed by atoms with van der Waals surface area (Å²) >= 11 is 0. The third kappa shape index (κ3) is 3.37. The van der Waals surface area contributed by atoms with Gasteiger partial charge >= 0.3 is 0 Å². The van der Waals surface area contributed by atoms with Crippen LogP contribution in [0.3, 0.4) is 0 Å². The third-order valence-corrected chi connectivity index (χ3v) is 4.73. The molecule has 0 radical (unpaired) electrons. The van der Waals surface area contributed by atoms with Gasteiger partial charge < -0.3 is 14.4 Å². The summed E-state index contributed by atoms with van der Waals surface area (Å²) in [6, 6.07) is 6.59. The summed E-state index contributed by atoms with van der Waals surface area (Å²) in [5, 5.41) is 0. The van der Waals surface area contributed by atoms with E-state index >= 15 is 0 Å². The highest BCUT2D eigenvalue weighted by Crippen LogP contribution is 2.35. The largest absolute Gasteiger partial charge is 0.497 e. The lowest BCUT2D eigenvalue weighted by atomic mass is 10.0. The molecule has 1 aromatic rings. The maximum atomic E-state index is 13.7. The molecule has 0 aliphatic carbocycles. The lowest BCUT2D eigenvalue weighted by Gasteiger charge is -2.45. The molecule has 132 valence electrons. The van der Waals surface area contributed by atoms with E-state index in [-0.39, 0.29) is 31.0 Å². The van der Waals surface area contributed by atoms with Crippen molar-refractivity contribution in [2.24, 2.45) is 0 Å². The number of carbonyl (C=O) groups excluding carboxylic acids is 1. The standard InChI is InChI=1S/C17H22F2N2O3/c1-23-10-13-7-17(18,19)11-21(13)14-8-20(9-14)16(22)12-3-5-15(24-2)6-4-12/h3-6,13-14H,7-11H2,1-2H3/t13-/m0/s1. The Hall–Kier alpha value is -1.73. The second-order valence-corrected chi connectivity index (χ2v) is 6.43. The number of halogens is 2. The molecule has 24 heavy (non-hydrogen) atoms. The van der Waals surface area contributed by atoms with Crippen molar-refractivity contribution in [3.63, 3.8) is 0 Å². The zero-order valence-electron chi connectivity index (χ0n) is 13.9. The molecule has 1 atom stereocenters. The summed E-state index contributed by atoms with van der Waals surface area (Å²) in [7, 11) is 3.09. The molecule has 0 bridgehead atoms. The van der Waals surface area contributed by atoms with Crippen LogP contribution in [0.15, 0.2) is 24.3 Å². The molecule has 0 spiro atoms. The van der Waals surface area contributed by atoms with Crippen LogP contribution in [-0.4, -0.2) is 74.2 Å². The fourth-order valence-electron chi connectivity index (χ4n) is 3.44. The maximum absolute atomic E-state index is 13.7. The number of nitrogens with zero attached hydrogens (tertiary/aromatic N) is 2. The van der Waals surface area contributed by atoms with Crippen LogP contribution in [-0.2, 0) is 4.74 Å². The Morgan fingerprint density at radius 2 is 1.92 bits per heavy atom. The highest BCUT2D eigenvalue weighted by atomic mass is 19.3. The fraction of sp³-hybridized carbons (Fsp3) is 0.588. The average Bonchev–Trinajstić information content (AvgIpc) is 2.81. The zero-order valence-corrected chi connectivity index (χ0v) is 13.9. The summed E-state index contributed by atoms with van der Waals surface area (Å²) in [5.74, 6) is -2.07. The van der Waals surface area contributed by atoms with Gasteiger partial charge in [0.15, 0.2) is 0 Å². The molecule has 7 heteroatoms. The van der Waals surface area contributed by atoms with Crippen LogP contribution in [0.25, 0.3) is 0 Å². The van der Waals surface area contributed by atoms with E-state index in [2.05, 4.69) is 0 Å². The minimum atomic E-state index is -2.68. The van der Waals surface area contributed by atoms with Gasteiger partial charge in [-0.2, -0.15) is 0 Å². The molecule has 0 aromatic heterocycles. The van der Waals surface area contributed by atoms with Crippen LogP contribution in [0.5, 0.6) is 5.75 Å². The van der Waals surface area contributed by atoms with Crippen molar-refractivity contribution in [3.8, 4) is 5.75 Å². The Balaban J connectivity index is 1.58. The molecule has 0 N–H and O–H groups in total. The van der Waals surface area contributed by atoms with E-state index in [1.54, 1.807) is 41.2 Å². The number of benzene rings is 1.